The molecule has 0 aromatic carbocycles. The van der Waals surface area contributed by atoms with Crippen molar-refractivity contribution < 1.29 is 19.0 Å². The fourth-order valence-electron chi connectivity index (χ4n) is 1.90. The predicted octanol–water partition coefficient (Wildman–Crippen LogP) is 0.677. The van der Waals surface area contributed by atoms with Gasteiger partial charge in [-0.25, -0.2) is 0 Å². The molecular formula is C12H23NO4. The molecular weight excluding hydrogens is 222 g/mol. The molecule has 0 unspecified atom stereocenters. The van der Waals surface area contributed by atoms with Gasteiger partial charge in [0.2, 0.25) is 5.91 Å². The molecule has 1 fully saturated rings. The second-order valence-corrected chi connectivity index (χ2v) is 4.08. The van der Waals surface area contributed by atoms with E-state index in [2.05, 4.69) is 0 Å². The molecule has 5 heteroatoms. The highest BCUT2D eigenvalue weighted by molar-refractivity contribution is 5.77. The molecule has 1 aliphatic heterocycles. The van der Waals surface area contributed by atoms with Crippen LogP contribution in [0.5, 0.6) is 0 Å². The summed E-state index contributed by atoms with van der Waals surface area (Å²) in [6.45, 7) is 5.45. The Morgan fingerprint density at radius 1 is 1.29 bits per heavy atom. The summed E-state index contributed by atoms with van der Waals surface area (Å²) in [5.74, 6) is 0.0658. The largest absolute Gasteiger partial charge is 0.382 e. The van der Waals surface area contributed by atoms with E-state index >= 15 is 0 Å². The van der Waals surface area contributed by atoms with Gasteiger partial charge in [0.1, 0.15) is 6.61 Å². The molecule has 17 heavy (non-hydrogen) atoms. The summed E-state index contributed by atoms with van der Waals surface area (Å²) in [7, 11) is 1.61. The Balaban J connectivity index is 2.12. The Morgan fingerprint density at radius 2 is 2.00 bits per heavy atom. The topological polar surface area (TPSA) is 48.0 Å². The van der Waals surface area contributed by atoms with Crippen molar-refractivity contribution in [2.75, 3.05) is 46.6 Å². The highest BCUT2D eigenvalue weighted by atomic mass is 16.5. The summed E-state index contributed by atoms with van der Waals surface area (Å²) in [5, 5.41) is 0. The van der Waals surface area contributed by atoms with Crippen LogP contribution in [0.15, 0.2) is 0 Å². The number of likely N-dealkylation sites (tertiary alicyclic amines) is 1. The summed E-state index contributed by atoms with van der Waals surface area (Å²) in [5.41, 5.74) is 0. The third-order valence-corrected chi connectivity index (χ3v) is 2.85. The molecule has 100 valence electrons. The van der Waals surface area contributed by atoms with Crippen LogP contribution >= 0.6 is 0 Å². The first-order chi connectivity index (χ1) is 8.27. The first kappa shape index (κ1) is 14.4. The normalized spacial score (nSPS) is 17.4. The number of hydrogen-bond donors (Lipinski definition) is 0. The van der Waals surface area contributed by atoms with E-state index in [1.54, 1.807) is 7.11 Å². The van der Waals surface area contributed by atoms with Crippen molar-refractivity contribution in [1.82, 2.24) is 4.90 Å². The van der Waals surface area contributed by atoms with Gasteiger partial charge in [0.15, 0.2) is 0 Å². The van der Waals surface area contributed by atoms with Crippen LogP contribution in [0.1, 0.15) is 19.8 Å². The van der Waals surface area contributed by atoms with Crippen molar-refractivity contribution in [2.24, 2.45) is 0 Å². The fourth-order valence-corrected chi connectivity index (χ4v) is 1.90. The van der Waals surface area contributed by atoms with Gasteiger partial charge in [-0.1, -0.05) is 0 Å². The lowest BCUT2D eigenvalue weighted by atomic mass is 10.1. The summed E-state index contributed by atoms with van der Waals surface area (Å²) in [6.07, 6.45) is 2.17. The van der Waals surface area contributed by atoms with Crippen LogP contribution in [0.4, 0.5) is 0 Å². The zero-order chi connectivity index (χ0) is 12.5. The van der Waals surface area contributed by atoms with Crippen LogP contribution in [0.25, 0.3) is 0 Å². The average Bonchev–Trinajstić information content (AvgIpc) is 2.36. The zero-order valence-corrected chi connectivity index (χ0v) is 10.8. The first-order valence-electron chi connectivity index (χ1n) is 6.24. The SMILES string of the molecule is CCOC1CCN(C(=O)COCCOC)CC1. The number of ether oxygens (including phenoxy) is 3. The van der Waals surface area contributed by atoms with Crippen molar-refractivity contribution in [3.05, 3.63) is 0 Å². The minimum Gasteiger partial charge on any atom is -0.382 e. The monoisotopic (exact) mass is 245 g/mol. The van der Waals surface area contributed by atoms with Gasteiger partial charge < -0.3 is 19.1 Å². The number of methoxy groups -OCH3 is 1. The number of piperidine rings is 1. The maximum Gasteiger partial charge on any atom is 0.248 e. The summed E-state index contributed by atoms with van der Waals surface area (Å²) in [6, 6.07) is 0. The third-order valence-electron chi connectivity index (χ3n) is 2.85. The van der Waals surface area contributed by atoms with Crippen molar-refractivity contribution >= 4 is 5.91 Å². The zero-order valence-electron chi connectivity index (χ0n) is 10.8. The van der Waals surface area contributed by atoms with Crippen LogP contribution in [0.2, 0.25) is 0 Å². The number of rotatable bonds is 7. The molecule has 1 amide bonds. The summed E-state index contributed by atoms with van der Waals surface area (Å²) < 4.78 is 15.6. The Kier molecular flexibility index (Phi) is 7.16. The predicted molar refractivity (Wildman–Crippen MR) is 63.9 cm³/mol. The second-order valence-electron chi connectivity index (χ2n) is 4.08. The third kappa shape index (κ3) is 5.48. The van der Waals surface area contributed by atoms with E-state index in [4.69, 9.17) is 14.2 Å². The van der Waals surface area contributed by atoms with Crippen LogP contribution in [0, 0.1) is 0 Å². The molecule has 0 bridgehead atoms. The molecule has 1 saturated heterocycles. The summed E-state index contributed by atoms with van der Waals surface area (Å²) in [4.78, 5) is 13.6. The van der Waals surface area contributed by atoms with Gasteiger partial charge in [-0.2, -0.15) is 0 Å². The lowest BCUT2D eigenvalue weighted by Gasteiger charge is -2.31. The van der Waals surface area contributed by atoms with Gasteiger partial charge in [-0.05, 0) is 19.8 Å². The van der Waals surface area contributed by atoms with Gasteiger partial charge in [-0.3, -0.25) is 4.79 Å². The van der Waals surface area contributed by atoms with E-state index in [9.17, 15) is 4.79 Å². The second kappa shape index (κ2) is 8.44. The standard InChI is InChI=1S/C12H23NO4/c1-3-17-11-4-6-13(7-5-11)12(14)10-16-9-8-15-2/h11H,3-10H2,1-2H3. The molecule has 0 saturated carbocycles. The van der Waals surface area contributed by atoms with E-state index in [0.29, 0.717) is 19.3 Å². The number of nitrogens with zero attached hydrogens (tertiary/aromatic N) is 1. The number of carbonyl (C=O) groups excluding carboxylic acids is 1. The molecule has 0 aliphatic carbocycles. The molecule has 1 rings (SSSR count). The molecule has 0 spiro atoms. The Hall–Kier alpha value is -0.650. The molecule has 1 heterocycles. The van der Waals surface area contributed by atoms with Gasteiger partial charge in [0.25, 0.3) is 0 Å². The first-order valence-corrected chi connectivity index (χ1v) is 6.24. The van der Waals surface area contributed by atoms with Crippen molar-refractivity contribution in [3.8, 4) is 0 Å². The van der Waals surface area contributed by atoms with Crippen molar-refractivity contribution in [3.63, 3.8) is 0 Å². The lowest BCUT2D eigenvalue weighted by Crippen LogP contribution is -2.42. The molecule has 0 N–H and O–H groups in total. The highest BCUT2D eigenvalue weighted by Gasteiger charge is 2.22. The number of amides is 1. The van der Waals surface area contributed by atoms with Gasteiger partial charge >= 0.3 is 0 Å². The molecule has 5 nitrogen and oxygen atoms in total. The molecule has 0 aromatic rings. The Morgan fingerprint density at radius 3 is 2.59 bits per heavy atom. The quantitative estimate of drug-likeness (QED) is 0.619. The van der Waals surface area contributed by atoms with Crippen LogP contribution < -0.4 is 0 Å². The Labute approximate surface area is 103 Å². The molecule has 1 aliphatic rings. The fraction of sp³-hybridized carbons (Fsp3) is 0.917. The highest BCUT2D eigenvalue weighted by Crippen LogP contribution is 2.13. The minimum atomic E-state index is 0.0658. The van der Waals surface area contributed by atoms with E-state index in [0.717, 1.165) is 32.5 Å². The van der Waals surface area contributed by atoms with E-state index in [1.165, 1.54) is 0 Å². The number of carbonyl (C=O) groups is 1. The van der Waals surface area contributed by atoms with Crippen molar-refractivity contribution in [2.45, 2.75) is 25.9 Å². The van der Waals surface area contributed by atoms with Gasteiger partial charge in [0.05, 0.1) is 19.3 Å². The Bertz CT molecular complexity index is 215. The maximum absolute atomic E-state index is 11.7. The van der Waals surface area contributed by atoms with E-state index in [-0.39, 0.29) is 12.5 Å². The van der Waals surface area contributed by atoms with Crippen LogP contribution in [-0.2, 0) is 19.0 Å². The van der Waals surface area contributed by atoms with Crippen molar-refractivity contribution in [1.29, 1.82) is 0 Å². The van der Waals surface area contributed by atoms with E-state index < -0.39 is 0 Å². The summed E-state index contributed by atoms with van der Waals surface area (Å²) >= 11 is 0. The maximum atomic E-state index is 11.7. The van der Waals surface area contributed by atoms with Crippen LogP contribution in [-0.4, -0.2) is 63.5 Å². The van der Waals surface area contributed by atoms with Gasteiger partial charge in [0, 0.05) is 26.8 Å². The van der Waals surface area contributed by atoms with E-state index in [1.807, 2.05) is 11.8 Å². The average molecular weight is 245 g/mol. The molecule has 0 radical (unpaired) electrons. The lowest BCUT2D eigenvalue weighted by molar-refractivity contribution is -0.139. The number of hydrogen-bond acceptors (Lipinski definition) is 4. The minimum absolute atomic E-state index is 0.0658. The smallest absolute Gasteiger partial charge is 0.248 e. The molecule has 0 atom stereocenters. The van der Waals surface area contributed by atoms with Crippen LogP contribution in [0.3, 0.4) is 0 Å². The van der Waals surface area contributed by atoms with Gasteiger partial charge in [-0.15, -0.1) is 0 Å². The molecule has 0 aromatic heterocycles.